The Morgan fingerprint density at radius 3 is 2.83 bits per heavy atom. The van der Waals surface area contributed by atoms with Crippen LogP contribution in [0.2, 0.25) is 0 Å². The number of carbonyl (C=O) groups excluding carboxylic acids is 1. The summed E-state index contributed by atoms with van der Waals surface area (Å²) in [6.07, 6.45) is 3.23. The lowest BCUT2D eigenvalue weighted by molar-refractivity contribution is -0.122. The van der Waals surface area contributed by atoms with E-state index in [4.69, 9.17) is 0 Å². The summed E-state index contributed by atoms with van der Waals surface area (Å²) in [6.45, 7) is 1.98. The highest BCUT2D eigenvalue weighted by atomic mass is 32.1. The summed E-state index contributed by atoms with van der Waals surface area (Å²) in [5.41, 5.74) is 0.966. The topological polar surface area (TPSA) is 64.0 Å². The summed E-state index contributed by atoms with van der Waals surface area (Å²) < 4.78 is 1.86. The Labute approximate surface area is 143 Å². The minimum absolute atomic E-state index is 0.0427. The number of hydrogen-bond donors (Lipinski definition) is 1. The molecule has 2 aromatic heterocycles. The van der Waals surface area contributed by atoms with Gasteiger partial charge in [0.2, 0.25) is 5.91 Å². The first-order chi connectivity index (χ1) is 11.7. The van der Waals surface area contributed by atoms with Gasteiger partial charge in [-0.25, -0.2) is 4.68 Å². The zero-order chi connectivity index (χ0) is 16.9. The number of carbonyl (C=O) groups is 1. The molecule has 1 atom stereocenters. The predicted octanol–water partition coefficient (Wildman–Crippen LogP) is 2.60. The Kier molecular flexibility index (Phi) is 5.05. The molecule has 3 aromatic rings. The molecule has 0 aliphatic carbocycles. The van der Waals surface area contributed by atoms with E-state index in [1.165, 1.54) is 21.6 Å². The van der Waals surface area contributed by atoms with Crippen molar-refractivity contribution >= 4 is 27.3 Å². The van der Waals surface area contributed by atoms with E-state index in [1.807, 2.05) is 48.7 Å². The minimum atomic E-state index is -0.214. The molecular formula is C18H19N3O2S. The summed E-state index contributed by atoms with van der Waals surface area (Å²) in [4.78, 5) is 24.6. The Hall–Kier alpha value is -2.47. The monoisotopic (exact) mass is 341 g/mol. The Balaban J connectivity index is 1.67. The standard InChI is InChI=1S/C18H19N3O2S/c1-2-15(10-13-6-4-3-5-7-13)20-16(22)12-21-18(23)17-14(11-19-21)8-9-24-17/h3-9,11,15H,2,10,12H2,1H3,(H,20,22)/t15-/m0/s1. The van der Waals surface area contributed by atoms with Crippen LogP contribution in [0.1, 0.15) is 18.9 Å². The molecule has 6 heteroatoms. The van der Waals surface area contributed by atoms with Gasteiger partial charge in [-0.1, -0.05) is 37.3 Å². The first-order valence-corrected chi connectivity index (χ1v) is 8.82. The van der Waals surface area contributed by atoms with Crippen LogP contribution < -0.4 is 10.9 Å². The number of fused-ring (bicyclic) bond motifs is 1. The molecule has 0 radical (unpaired) electrons. The van der Waals surface area contributed by atoms with Gasteiger partial charge in [0.1, 0.15) is 11.2 Å². The van der Waals surface area contributed by atoms with Crippen molar-refractivity contribution in [3.05, 3.63) is 63.9 Å². The third-order valence-electron chi connectivity index (χ3n) is 3.94. The molecule has 0 bridgehead atoms. The van der Waals surface area contributed by atoms with E-state index >= 15 is 0 Å². The van der Waals surface area contributed by atoms with Crippen molar-refractivity contribution in [2.75, 3.05) is 0 Å². The number of nitrogens with one attached hydrogen (secondary N) is 1. The van der Waals surface area contributed by atoms with Gasteiger partial charge in [-0.15, -0.1) is 11.3 Å². The van der Waals surface area contributed by atoms with E-state index in [0.29, 0.717) is 4.70 Å². The lowest BCUT2D eigenvalue weighted by atomic mass is 10.0. The molecule has 0 saturated heterocycles. The van der Waals surface area contributed by atoms with E-state index in [1.54, 1.807) is 6.20 Å². The van der Waals surface area contributed by atoms with Crippen molar-refractivity contribution in [2.24, 2.45) is 0 Å². The Morgan fingerprint density at radius 2 is 2.08 bits per heavy atom. The Bertz CT molecular complexity index is 886. The van der Waals surface area contributed by atoms with Gasteiger partial charge in [0.15, 0.2) is 0 Å². The summed E-state index contributed by atoms with van der Waals surface area (Å²) in [5, 5.41) is 9.75. The van der Waals surface area contributed by atoms with Gasteiger partial charge in [0.05, 0.1) is 6.20 Å². The molecule has 0 aliphatic rings. The summed E-state index contributed by atoms with van der Waals surface area (Å²) in [5.74, 6) is -0.191. The van der Waals surface area contributed by atoms with E-state index in [-0.39, 0.29) is 24.1 Å². The van der Waals surface area contributed by atoms with Gasteiger partial charge < -0.3 is 5.32 Å². The van der Waals surface area contributed by atoms with E-state index in [0.717, 1.165) is 18.2 Å². The zero-order valence-electron chi connectivity index (χ0n) is 13.4. The molecule has 1 amide bonds. The van der Waals surface area contributed by atoms with Gasteiger partial charge in [-0.3, -0.25) is 9.59 Å². The van der Waals surface area contributed by atoms with Crippen molar-refractivity contribution < 1.29 is 4.79 Å². The van der Waals surface area contributed by atoms with Crippen LogP contribution in [0.3, 0.4) is 0 Å². The van der Waals surface area contributed by atoms with E-state index < -0.39 is 0 Å². The van der Waals surface area contributed by atoms with Gasteiger partial charge in [-0.2, -0.15) is 5.10 Å². The molecule has 24 heavy (non-hydrogen) atoms. The molecule has 124 valence electrons. The number of aromatic nitrogens is 2. The number of hydrogen-bond acceptors (Lipinski definition) is 4. The minimum Gasteiger partial charge on any atom is -0.351 e. The van der Waals surface area contributed by atoms with E-state index in [9.17, 15) is 9.59 Å². The molecule has 0 saturated carbocycles. The SMILES string of the molecule is CC[C@@H](Cc1ccccc1)NC(=O)Cn1ncc2ccsc2c1=O. The second kappa shape index (κ2) is 7.40. The molecular weight excluding hydrogens is 322 g/mol. The molecule has 5 nitrogen and oxygen atoms in total. The first kappa shape index (κ1) is 16.4. The van der Waals surface area contributed by atoms with E-state index in [2.05, 4.69) is 10.4 Å². The molecule has 0 aliphatic heterocycles. The quantitative estimate of drug-likeness (QED) is 0.749. The van der Waals surface area contributed by atoms with Crippen LogP contribution in [0.15, 0.2) is 52.8 Å². The maximum absolute atomic E-state index is 12.3. The van der Waals surface area contributed by atoms with Crippen LogP contribution in [0, 0.1) is 0 Å². The summed E-state index contributed by atoms with van der Waals surface area (Å²) in [6, 6.07) is 11.9. The lowest BCUT2D eigenvalue weighted by Gasteiger charge is -2.17. The largest absolute Gasteiger partial charge is 0.351 e. The molecule has 2 heterocycles. The van der Waals surface area contributed by atoms with Crippen LogP contribution >= 0.6 is 11.3 Å². The predicted molar refractivity (Wildman–Crippen MR) is 96.2 cm³/mol. The zero-order valence-corrected chi connectivity index (χ0v) is 14.3. The molecule has 3 rings (SSSR count). The van der Waals surface area contributed by atoms with Crippen molar-refractivity contribution in [2.45, 2.75) is 32.4 Å². The van der Waals surface area contributed by atoms with Crippen LogP contribution in [-0.4, -0.2) is 21.7 Å². The fraction of sp³-hybridized carbons (Fsp3) is 0.278. The van der Waals surface area contributed by atoms with Crippen molar-refractivity contribution in [1.29, 1.82) is 0 Å². The van der Waals surface area contributed by atoms with Crippen LogP contribution in [0.5, 0.6) is 0 Å². The molecule has 1 N–H and O–H groups in total. The number of rotatable bonds is 6. The number of amides is 1. The number of nitrogens with zero attached hydrogens (tertiary/aromatic N) is 2. The van der Waals surface area contributed by atoms with Gasteiger partial charge in [0, 0.05) is 11.4 Å². The third kappa shape index (κ3) is 3.71. The smallest absolute Gasteiger partial charge is 0.285 e. The summed E-state index contributed by atoms with van der Waals surface area (Å²) in [7, 11) is 0. The third-order valence-corrected chi connectivity index (χ3v) is 4.85. The van der Waals surface area contributed by atoms with Crippen LogP contribution in [-0.2, 0) is 17.8 Å². The van der Waals surface area contributed by atoms with Crippen molar-refractivity contribution in [3.8, 4) is 0 Å². The Morgan fingerprint density at radius 1 is 1.29 bits per heavy atom. The van der Waals surface area contributed by atoms with Gasteiger partial charge in [0.25, 0.3) is 5.56 Å². The number of thiophene rings is 1. The number of benzene rings is 1. The van der Waals surface area contributed by atoms with Crippen molar-refractivity contribution in [1.82, 2.24) is 15.1 Å². The highest BCUT2D eigenvalue weighted by Gasteiger charge is 2.14. The molecule has 0 fully saturated rings. The first-order valence-electron chi connectivity index (χ1n) is 7.94. The fourth-order valence-corrected chi connectivity index (χ4v) is 3.43. The lowest BCUT2D eigenvalue weighted by Crippen LogP contribution is -2.40. The second-order valence-electron chi connectivity index (χ2n) is 5.67. The van der Waals surface area contributed by atoms with Gasteiger partial charge >= 0.3 is 0 Å². The van der Waals surface area contributed by atoms with Gasteiger partial charge in [-0.05, 0) is 29.9 Å². The fourth-order valence-electron chi connectivity index (χ4n) is 2.61. The van der Waals surface area contributed by atoms with Crippen molar-refractivity contribution in [3.63, 3.8) is 0 Å². The van der Waals surface area contributed by atoms with Crippen LogP contribution in [0.4, 0.5) is 0 Å². The maximum atomic E-state index is 12.3. The highest BCUT2D eigenvalue weighted by Crippen LogP contribution is 2.14. The second-order valence-corrected chi connectivity index (χ2v) is 6.59. The normalized spacial score (nSPS) is 12.2. The average Bonchev–Trinajstić information content (AvgIpc) is 3.07. The molecule has 0 spiro atoms. The average molecular weight is 341 g/mol. The summed E-state index contributed by atoms with van der Waals surface area (Å²) >= 11 is 1.37. The van der Waals surface area contributed by atoms with Crippen LogP contribution in [0.25, 0.3) is 10.1 Å². The molecule has 1 aromatic carbocycles. The highest BCUT2D eigenvalue weighted by molar-refractivity contribution is 7.17. The molecule has 0 unspecified atom stereocenters. The maximum Gasteiger partial charge on any atom is 0.285 e.